The Morgan fingerprint density at radius 3 is 2.68 bits per heavy atom. The van der Waals surface area contributed by atoms with Gasteiger partial charge in [-0.05, 0) is 32.4 Å². The molecule has 0 aliphatic rings. The number of nitrogens with zero attached hydrogens (tertiary/aromatic N) is 2. The summed E-state index contributed by atoms with van der Waals surface area (Å²) in [4.78, 5) is 13.9. The first-order valence-corrected chi connectivity index (χ1v) is 6.51. The second-order valence-corrected chi connectivity index (χ2v) is 4.58. The normalized spacial score (nSPS) is 10.1. The van der Waals surface area contributed by atoms with Crippen molar-refractivity contribution >= 4 is 5.91 Å². The van der Waals surface area contributed by atoms with E-state index >= 15 is 0 Å². The van der Waals surface area contributed by atoms with Gasteiger partial charge in [0.05, 0.1) is 5.56 Å². The topological polar surface area (TPSA) is 53.3 Å². The van der Waals surface area contributed by atoms with Crippen molar-refractivity contribution in [3.05, 3.63) is 29.8 Å². The first-order chi connectivity index (χ1) is 9.10. The minimum absolute atomic E-state index is 0.0309. The lowest BCUT2D eigenvalue weighted by Crippen LogP contribution is -2.40. The Hall–Kier alpha value is -2.02. The van der Waals surface area contributed by atoms with Crippen LogP contribution in [0.5, 0.6) is 5.75 Å². The van der Waals surface area contributed by atoms with E-state index in [0.29, 0.717) is 11.3 Å². The second-order valence-electron chi connectivity index (χ2n) is 4.58. The molecule has 0 unspecified atom stereocenters. The number of rotatable bonds is 6. The molecule has 19 heavy (non-hydrogen) atoms. The van der Waals surface area contributed by atoms with Crippen molar-refractivity contribution in [3.8, 4) is 11.8 Å². The van der Waals surface area contributed by atoms with Crippen molar-refractivity contribution in [2.24, 2.45) is 0 Å². The fraction of sp³-hybridized carbons (Fsp3) is 0.467. The zero-order valence-electron chi connectivity index (χ0n) is 11.7. The van der Waals surface area contributed by atoms with Gasteiger partial charge in [0, 0.05) is 12.6 Å². The molecule has 0 aromatic heterocycles. The molecule has 0 saturated heterocycles. The van der Waals surface area contributed by atoms with Crippen LogP contribution in [0.25, 0.3) is 0 Å². The highest BCUT2D eigenvalue weighted by Gasteiger charge is 2.16. The van der Waals surface area contributed by atoms with Crippen LogP contribution in [0.3, 0.4) is 0 Å². The van der Waals surface area contributed by atoms with Crippen molar-refractivity contribution in [1.82, 2.24) is 4.90 Å². The van der Waals surface area contributed by atoms with Gasteiger partial charge < -0.3 is 9.64 Å². The van der Waals surface area contributed by atoms with E-state index in [2.05, 4.69) is 0 Å². The van der Waals surface area contributed by atoms with Gasteiger partial charge in [0.1, 0.15) is 11.8 Å². The fourth-order valence-electron chi connectivity index (χ4n) is 1.82. The Morgan fingerprint density at radius 2 is 2.11 bits per heavy atom. The molecule has 1 aromatic carbocycles. The third-order valence-corrected chi connectivity index (χ3v) is 2.77. The van der Waals surface area contributed by atoms with Crippen LogP contribution in [0.15, 0.2) is 24.3 Å². The first kappa shape index (κ1) is 15.0. The number of para-hydroxylation sites is 1. The molecule has 4 heteroatoms. The molecule has 0 fully saturated rings. The molecule has 0 saturated carbocycles. The molecule has 0 spiro atoms. The van der Waals surface area contributed by atoms with Crippen LogP contribution >= 0.6 is 0 Å². The second kappa shape index (κ2) is 7.42. The smallest absolute Gasteiger partial charge is 0.260 e. The lowest BCUT2D eigenvalue weighted by atomic mass is 10.2. The zero-order chi connectivity index (χ0) is 14.3. The van der Waals surface area contributed by atoms with Crippen LogP contribution in [0, 0.1) is 11.3 Å². The highest BCUT2D eigenvalue weighted by atomic mass is 16.5. The average molecular weight is 260 g/mol. The first-order valence-electron chi connectivity index (χ1n) is 6.51. The summed E-state index contributed by atoms with van der Waals surface area (Å²) in [6.45, 7) is 6.69. The maximum atomic E-state index is 12.1. The van der Waals surface area contributed by atoms with Crippen LogP contribution < -0.4 is 4.74 Å². The lowest BCUT2D eigenvalue weighted by molar-refractivity contribution is -0.135. The molecule has 0 aliphatic heterocycles. The van der Waals surface area contributed by atoms with E-state index in [1.165, 1.54) is 0 Å². The molecule has 0 N–H and O–H groups in total. The summed E-state index contributed by atoms with van der Waals surface area (Å²) in [5.74, 6) is 0.406. The maximum Gasteiger partial charge on any atom is 0.260 e. The van der Waals surface area contributed by atoms with Crippen LogP contribution in [-0.2, 0) is 4.79 Å². The molecule has 1 amide bonds. The van der Waals surface area contributed by atoms with E-state index in [9.17, 15) is 4.79 Å². The third kappa shape index (κ3) is 4.29. The number of carbonyl (C=O) groups excluding carboxylic acids is 1. The quantitative estimate of drug-likeness (QED) is 0.790. The summed E-state index contributed by atoms with van der Waals surface area (Å²) in [5.41, 5.74) is 0.446. The molecule has 0 atom stereocenters. The molecule has 4 nitrogen and oxygen atoms in total. The number of carbonyl (C=O) groups is 1. The summed E-state index contributed by atoms with van der Waals surface area (Å²) in [6, 6.07) is 9.13. The molecule has 0 radical (unpaired) electrons. The molecule has 0 heterocycles. The molecule has 1 aromatic rings. The van der Waals surface area contributed by atoms with Gasteiger partial charge in [0.2, 0.25) is 0 Å². The van der Waals surface area contributed by atoms with Crippen molar-refractivity contribution in [2.45, 2.75) is 33.2 Å². The van der Waals surface area contributed by atoms with E-state index < -0.39 is 0 Å². The van der Waals surface area contributed by atoms with Crippen LogP contribution in [-0.4, -0.2) is 30.0 Å². The van der Waals surface area contributed by atoms with Gasteiger partial charge in [-0.25, -0.2) is 0 Å². The zero-order valence-corrected chi connectivity index (χ0v) is 11.7. The van der Waals surface area contributed by atoms with E-state index in [0.717, 1.165) is 13.0 Å². The van der Waals surface area contributed by atoms with Gasteiger partial charge in [-0.2, -0.15) is 5.26 Å². The van der Waals surface area contributed by atoms with Gasteiger partial charge in [0.15, 0.2) is 6.61 Å². The Labute approximate surface area is 114 Å². The highest BCUT2D eigenvalue weighted by molar-refractivity contribution is 5.78. The molecular weight excluding hydrogens is 240 g/mol. The number of amides is 1. The van der Waals surface area contributed by atoms with Crippen LogP contribution in [0.2, 0.25) is 0 Å². The van der Waals surface area contributed by atoms with Crippen LogP contribution in [0.1, 0.15) is 32.8 Å². The summed E-state index contributed by atoms with van der Waals surface area (Å²) in [6.07, 6.45) is 0.915. The molecule has 0 bridgehead atoms. The summed E-state index contributed by atoms with van der Waals surface area (Å²) in [5, 5.41) is 8.94. The standard InChI is InChI=1S/C15H20N2O2/c1-4-9-17(12(2)3)15(18)11-19-14-8-6-5-7-13(14)10-16/h5-8,12H,4,9,11H2,1-3H3. The van der Waals surface area contributed by atoms with Gasteiger partial charge in [-0.15, -0.1) is 0 Å². The largest absolute Gasteiger partial charge is 0.482 e. The molecule has 102 valence electrons. The maximum absolute atomic E-state index is 12.1. The highest BCUT2D eigenvalue weighted by Crippen LogP contribution is 2.16. The van der Waals surface area contributed by atoms with Crippen molar-refractivity contribution in [3.63, 3.8) is 0 Å². The van der Waals surface area contributed by atoms with Gasteiger partial charge in [-0.3, -0.25) is 4.79 Å². The minimum atomic E-state index is -0.0513. The van der Waals surface area contributed by atoms with E-state index in [1.54, 1.807) is 29.2 Å². The Morgan fingerprint density at radius 1 is 1.42 bits per heavy atom. The number of ether oxygens (including phenoxy) is 1. The average Bonchev–Trinajstić information content (AvgIpc) is 2.42. The van der Waals surface area contributed by atoms with E-state index in [4.69, 9.17) is 10.00 Å². The molecular formula is C15H20N2O2. The number of benzene rings is 1. The Bertz CT molecular complexity index is 463. The van der Waals surface area contributed by atoms with Crippen molar-refractivity contribution < 1.29 is 9.53 Å². The predicted molar refractivity (Wildman–Crippen MR) is 73.8 cm³/mol. The minimum Gasteiger partial charge on any atom is -0.482 e. The monoisotopic (exact) mass is 260 g/mol. The summed E-state index contributed by atoms with van der Waals surface area (Å²) < 4.78 is 5.45. The van der Waals surface area contributed by atoms with Crippen molar-refractivity contribution in [1.29, 1.82) is 5.26 Å². The number of hydrogen-bond acceptors (Lipinski definition) is 3. The van der Waals surface area contributed by atoms with E-state index in [-0.39, 0.29) is 18.6 Å². The molecule has 0 aliphatic carbocycles. The summed E-state index contributed by atoms with van der Waals surface area (Å²) in [7, 11) is 0. The van der Waals surface area contributed by atoms with Gasteiger partial charge in [-0.1, -0.05) is 19.1 Å². The summed E-state index contributed by atoms with van der Waals surface area (Å²) >= 11 is 0. The third-order valence-electron chi connectivity index (χ3n) is 2.77. The number of nitriles is 1. The molecule has 1 rings (SSSR count). The van der Waals surface area contributed by atoms with Crippen LogP contribution in [0.4, 0.5) is 0 Å². The van der Waals surface area contributed by atoms with Crippen molar-refractivity contribution in [2.75, 3.05) is 13.2 Å². The predicted octanol–water partition coefficient (Wildman–Crippen LogP) is 2.58. The van der Waals surface area contributed by atoms with Gasteiger partial charge in [0.25, 0.3) is 5.91 Å². The van der Waals surface area contributed by atoms with Gasteiger partial charge >= 0.3 is 0 Å². The lowest BCUT2D eigenvalue weighted by Gasteiger charge is -2.26. The SMILES string of the molecule is CCCN(C(=O)COc1ccccc1C#N)C(C)C. The van der Waals surface area contributed by atoms with E-state index in [1.807, 2.05) is 26.8 Å². The Balaban J connectivity index is 2.65. The fourth-order valence-corrected chi connectivity index (χ4v) is 1.82. The Kier molecular flexibility index (Phi) is 5.87. The number of hydrogen-bond donors (Lipinski definition) is 0.